The number of aliphatic hydroxyl groups is 1. The van der Waals surface area contributed by atoms with Gasteiger partial charge in [0.1, 0.15) is 18.1 Å². The summed E-state index contributed by atoms with van der Waals surface area (Å²) in [5.74, 6) is 1.70. The highest BCUT2D eigenvalue weighted by Gasteiger charge is 2.24. The predicted octanol–water partition coefficient (Wildman–Crippen LogP) is 3.46. The molecule has 2 N–H and O–H groups in total. The van der Waals surface area contributed by atoms with Crippen molar-refractivity contribution < 1.29 is 14.6 Å². The van der Waals surface area contributed by atoms with Crippen LogP contribution in [0.15, 0.2) is 66.7 Å². The summed E-state index contributed by atoms with van der Waals surface area (Å²) in [4.78, 5) is 2.32. The molecule has 1 aliphatic heterocycles. The van der Waals surface area contributed by atoms with Gasteiger partial charge in [0.2, 0.25) is 0 Å². The van der Waals surface area contributed by atoms with E-state index in [1.54, 1.807) is 7.11 Å². The number of aliphatic hydroxyl groups excluding tert-OH is 1. The Bertz CT molecular complexity index is 941. The van der Waals surface area contributed by atoms with Gasteiger partial charge in [-0.1, -0.05) is 48.5 Å². The van der Waals surface area contributed by atoms with Crippen LogP contribution >= 0.6 is 0 Å². The standard InChI is InChI=1S/C24H28N2O3/c1-28-24-11-5-4-10-22(24)26-14-13-25-19(16-26)15-20(27)17-29-23-12-6-8-18-7-2-3-9-21(18)23/h2-12,19-20,25,27H,13-17H2,1H3. The third kappa shape index (κ3) is 4.63. The molecule has 0 radical (unpaired) electrons. The number of rotatable bonds is 7. The Labute approximate surface area is 171 Å². The van der Waals surface area contributed by atoms with Crippen molar-refractivity contribution in [2.75, 3.05) is 38.3 Å². The molecule has 5 heteroatoms. The van der Waals surface area contributed by atoms with Crippen LogP contribution in [-0.2, 0) is 0 Å². The van der Waals surface area contributed by atoms with Crippen LogP contribution < -0.4 is 19.7 Å². The van der Waals surface area contributed by atoms with Crippen LogP contribution in [-0.4, -0.2) is 50.6 Å². The fourth-order valence-corrected chi connectivity index (χ4v) is 4.00. The van der Waals surface area contributed by atoms with Gasteiger partial charge < -0.3 is 24.8 Å². The molecule has 152 valence electrons. The van der Waals surface area contributed by atoms with Gasteiger partial charge in [0.15, 0.2) is 0 Å². The van der Waals surface area contributed by atoms with Crippen LogP contribution in [0.1, 0.15) is 6.42 Å². The fraction of sp³-hybridized carbons (Fsp3) is 0.333. The number of fused-ring (bicyclic) bond motifs is 1. The van der Waals surface area contributed by atoms with Crippen LogP contribution in [0.2, 0.25) is 0 Å². The number of nitrogens with zero attached hydrogens (tertiary/aromatic N) is 1. The maximum Gasteiger partial charge on any atom is 0.142 e. The van der Waals surface area contributed by atoms with Crippen molar-refractivity contribution in [3.05, 3.63) is 66.7 Å². The number of methoxy groups -OCH3 is 1. The van der Waals surface area contributed by atoms with E-state index in [0.717, 1.165) is 47.6 Å². The molecule has 29 heavy (non-hydrogen) atoms. The van der Waals surface area contributed by atoms with Crippen LogP contribution in [0, 0.1) is 0 Å². The number of ether oxygens (including phenoxy) is 2. The highest BCUT2D eigenvalue weighted by molar-refractivity contribution is 5.88. The van der Waals surface area contributed by atoms with Crippen molar-refractivity contribution in [2.45, 2.75) is 18.6 Å². The van der Waals surface area contributed by atoms with Crippen molar-refractivity contribution in [2.24, 2.45) is 0 Å². The van der Waals surface area contributed by atoms with E-state index in [9.17, 15) is 5.11 Å². The first-order valence-electron chi connectivity index (χ1n) is 10.1. The molecule has 2 unspecified atom stereocenters. The average Bonchev–Trinajstić information content (AvgIpc) is 2.78. The number of benzene rings is 3. The second-order valence-electron chi connectivity index (χ2n) is 7.45. The van der Waals surface area contributed by atoms with Gasteiger partial charge in [0, 0.05) is 31.1 Å². The first-order chi connectivity index (χ1) is 14.2. The van der Waals surface area contributed by atoms with Crippen LogP contribution in [0.25, 0.3) is 10.8 Å². The lowest BCUT2D eigenvalue weighted by Gasteiger charge is -2.36. The number of hydrogen-bond donors (Lipinski definition) is 2. The highest BCUT2D eigenvalue weighted by Crippen LogP contribution is 2.29. The summed E-state index contributed by atoms with van der Waals surface area (Å²) in [5.41, 5.74) is 1.10. The quantitative estimate of drug-likeness (QED) is 0.645. The molecule has 0 aliphatic carbocycles. The number of nitrogens with one attached hydrogen (secondary N) is 1. The van der Waals surface area contributed by atoms with E-state index in [-0.39, 0.29) is 12.6 Å². The minimum atomic E-state index is -0.538. The summed E-state index contributed by atoms with van der Waals surface area (Å²) in [6, 6.07) is 22.4. The molecule has 0 spiro atoms. The summed E-state index contributed by atoms with van der Waals surface area (Å²) >= 11 is 0. The van der Waals surface area contributed by atoms with E-state index in [1.165, 1.54) is 0 Å². The van der Waals surface area contributed by atoms with E-state index >= 15 is 0 Å². The predicted molar refractivity (Wildman–Crippen MR) is 117 cm³/mol. The summed E-state index contributed by atoms with van der Waals surface area (Å²) in [6.45, 7) is 2.89. The summed E-state index contributed by atoms with van der Waals surface area (Å²) < 4.78 is 11.5. The molecule has 4 rings (SSSR count). The van der Waals surface area contributed by atoms with Crippen molar-refractivity contribution >= 4 is 16.5 Å². The van der Waals surface area contributed by atoms with Crippen LogP contribution in [0.3, 0.4) is 0 Å². The van der Waals surface area contributed by atoms with E-state index < -0.39 is 6.10 Å². The second kappa shape index (κ2) is 9.16. The summed E-state index contributed by atoms with van der Waals surface area (Å²) in [5, 5.41) is 16.3. The molecule has 1 fully saturated rings. The van der Waals surface area contributed by atoms with Gasteiger partial charge in [0.05, 0.1) is 18.9 Å². The van der Waals surface area contributed by atoms with Gasteiger partial charge in [-0.25, -0.2) is 0 Å². The largest absolute Gasteiger partial charge is 0.495 e. The maximum absolute atomic E-state index is 10.6. The Morgan fingerprint density at radius 3 is 2.69 bits per heavy atom. The fourth-order valence-electron chi connectivity index (χ4n) is 4.00. The molecule has 3 aromatic rings. The van der Waals surface area contributed by atoms with Crippen molar-refractivity contribution in [3.63, 3.8) is 0 Å². The Morgan fingerprint density at radius 1 is 1.03 bits per heavy atom. The Morgan fingerprint density at radius 2 is 1.79 bits per heavy atom. The van der Waals surface area contributed by atoms with Crippen molar-refractivity contribution in [1.82, 2.24) is 5.32 Å². The highest BCUT2D eigenvalue weighted by atomic mass is 16.5. The molecule has 3 aromatic carbocycles. The van der Waals surface area contributed by atoms with Gasteiger partial charge in [0.25, 0.3) is 0 Å². The monoisotopic (exact) mass is 392 g/mol. The van der Waals surface area contributed by atoms with E-state index in [0.29, 0.717) is 6.42 Å². The van der Waals surface area contributed by atoms with Gasteiger partial charge in [-0.3, -0.25) is 0 Å². The maximum atomic E-state index is 10.6. The third-order valence-electron chi connectivity index (χ3n) is 5.42. The van der Waals surface area contributed by atoms with E-state index in [2.05, 4.69) is 28.4 Å². The van der Waals surface area contributed by atoms with Crippen molar-refractivity contribution in [1.29, 1.82) is 0 Å². The lowest BCUT2D eigenvalue weighted by Crippen LogP contribution is -2.52. The number of para-hydroxylation sites is 2. The lowest BCUT2D eigenvalue weighted by atomic mass is 10.1. The minimum absolute atomic E-state index is 0.194. The summed E-state index contributed by atoms with van der Waals surface area (Å²) in [6.07, 6.45) is 0.0975. The zero-order valence-corrected chi connectivity index (χ0v) is 16.8. The molecule has 0 amide bonds. The van der Waals surface area contributed by atoms with Gasteiger partial charge in [-0.2, -0.15) is 0 Å². The van der Waals surface area contributed by atoms with Gasteiger partial charge >= 0.3 is 0 Å². The first kappa shape index (κ1) is 19.6. The Hall–Kier alpha value is -2.76. The van der Waals surface area contributed by atoms with Crippen LogP contribution in [0.5, 0.6) is 11.5 Å². The second-order valence-corrected chi connectivity index (χ2v) is 7.45. The lowest BCUT2D eigenvalue weighted by molar-refractivity contribution is 0.0901. The van der Waals surface area contributed by atoms with Gasteiger partial charge in [-0.15, -0.1) is 0 Å². The summed E-state index contributed by atoms with van der Waals surface area (Å²) in [7, 11) is 1.70. The zero-order valence-electron chi connectivity index (χ0n) is 16.8. The number of hydrogen-bond acceptors (Lipinski definition) is 5. The number of anilines is 1. The minimum Gasteiger partial charge on any atom is -0.495 e. The first-order valence-corrected chi connectivity index (χ1v) is 10.1. The third-order valence-corrected chi connectivity index (χ3v) is 5.42. The van der Waals surface area contributed by atoms with E-state index in [4.69, 9.17) is 9.47 Å². The SMILES string of the molecule is COc1ccccc1N1CCNC(CC(O)COc2cccc3ccccc23)C1. The normalized spacial score (nSPS) is 17.9. The Kier molecular flexibility index (Phi) is 6.17. The van der Waals surface area contributed by atoms with Crippen LogP contribution in [0.4, 0.5) is 5.69 Å². The zero-order chi connectivity index (χ0) is 20.1. The molecule has 1 heterocycles. The molecule has 0 aromatic heterocycles. The molecular formula is C24H28N2O3. The smallest absolute Gasteiger partial charge is 0.142 e. The molecular weight excluding hydrogens is 364 g/mol. The topological polar surface area (TPSA) is 54.0 Å². The molecule has 5 nitrogen and oxygen atoms in total. The van der Waals surface area contributed by atoms with Gasteiger partial charge in [-0.05, 0) is 30.0 Å². The Balaban J connectivity index is 1.35. The van der Waals surface area contributed by atoms with Crippen molar-refractivity contribution in [3.8, 4) is 11.5 Å². The average molecular weight is 392 g/mol. The molecule has 0 bridgehead atoms. The van der Waals surface area contributed by atoms with E-state index in [1.807, 2.05) is 48.5 Å². The molecule has 0 saturated carbocycles. The number of piperazine rings is 1. The molecule has 1 aliphatic rings. The molecule has 2 atom stereocenters. The molecule has 1 saturated heterocycles.